The van der Waals surface area contributed by atoms with Crippen molar-refractivity contribution in [3.63, 3.8) is 0 Å². The fraction of sp³-hybridized carbons (Fsp3) is 0. The highest BCUT2D eigenvalue weighted by atomic mass is 15.0. The van der Waals surface area contributed by atoms with Gasteiger partial charge in [-0.3, -0.25) is 0 Å². The molecule has 1 aliphatic rings. The quantitative estimate of drug-likeness (QED) is 0.164. The largest absolute Gasteiger partial charge is 0.309 e. The van der Waals surface area contributed by atoms with Crippen LogP contribution in [-0.4, -0.2) is 14.1 Å². The SMILES string of the molecule is c1ccc(-c2cccc(-n3c4ccc(-c5cccc(-c6cc7cccc8c7c(n6)-c6ccccc6-8)c5)cc4c4cc(-c5ccc6c(c5)c5ccccc5n6-c5ccccc5)ccc43)c2)cc1. The van der Waals surface area contributed by atoms with Crippen molar-refractivity contribution < 1.29 is 0 Å². The van der Waals surface area contributed by atoms with E-state index >= 15 is 0 Å². The van der Waals surface area contributed by atoms with Crippen LogP contribution in [0.1, 0.15) is 0 Å². The molecular formula is C63H39N3. The summed E-state index contributed by atoms with van der Waals surface area (Å²) >= 11 is 0. The Morgan fingerprint density at radius 2 is 0.758 bits per heavy atom. The van der Waals surface area contributed by atoms with Gasteiger partial charge in [-0.1, -0.05) is 158 Å². The Hall–Kier alpha value is -8.79. The van der Waals surface area contributed by atoms with Crippen molar-refractivity contribution in [1.82, 2.24) is 14.1 Å². The zero-order valence-corrected chi connectivity index (χ0v) is 35.9. The van der Waals surface area contributed by atoms with Crippen LogP contribution < -0.4 is 0 Å². The van der Waals surface area contributed by atoms with Gasteiger partial charge in [-0.2, -0.15) is 0 Å². The van der Waals surface area contributed by atoms with E-state index in [9.17, 15) is 0 Å². The summed E-state index contributed by atoms with van der Waals surface area (Å²) in [5, 5.41) is 7.38. The van der Waals surface area contributed by atoms with Crippen molar-refractivity contribution in [3.8, 4) is 78.4 Å². The van der Waals surface area contributed by atoms with E-state index in [4.69, 9.17) is 4.98 Å². The minimum absolute atomic E-state index is 0.984. The van der Waals surface area contributed by atoms with Crippen molar-refractivity contribution in [2.24, 2.45) is 0 Å². The summed E-state index contributed by atoms with van der Waals surface area (Å²) in [6.07, 6.45) is 0. The molecule has 14 rings (SSSR count). The molecule has 3 heterocycles. The number of rotatable bonds is 6. The molecule has 0 atom stereocenters. The third-order valence-corrected chi connectivity index (χ3v) is 13.8. The molecule has 306 valence electrons. The molecule has 3 nitrogen and oxygen atoms in total. The summed E-state index contributed by atoms with van der Waals surface area (Å²) in [6, 6.07) is 86.4. The van der Waals surface area contributed by atoms with Gasteiger partial charge in [0.1, 0.15) is 0 Å². The molecule has 66 heavy (non-hydrogen) atoms. The Balaban J connectivity index is 0.939. The normalized spacial score (nSPS) is 11.9. The fourth-order valence-corrected chi connectivity index (χ4v) is 10.8. The first-order chi connectivity index (χ1) is 32.7. The minimum Gasteiger partial charge on any atom is -0.309 e. The predicted octanol–water partition coefficient (Wildman–Crippen LogP) is 16.7. The average Bonchev–Trinajstić information content (AvgIpc) is 4.02. The van der Waals surface area contributed by atoms with Crippen LogP contribution in [0.5, 0.6) is 0 Å². The number of hydrogen-bond donors (Lipinski definition) is 0. The molecule has 0 bridgehead atoms. The van der Waals surface area contributed by atoms with Crippen LogP contribution in [0, 0.1) is 0 Å². The molecule has 3 aromatic heterocycles. The molecule has 0 saturated heterocycles. The molecular weight excluding hydrogens is 799 g/mol. The summed E-state index contributed by atoms with van der Waals surface area (Å²) in [5.74, 6) is 0. The summed E-state index contributed by atoms with van der Waals surface area (Å²) in [6.45, 7) is 0. The lowest BCUT2D eigenvalue weighted by molar-refractivity contribution is 1.18. The third-order valence-electron chi connectivity index (χ3n) is 13.8. The first-order valence-electron chi connectivity index (χ1n) is 22.7. The van der Waals surface area contributed by atoms with Crippen LogP contribution in [0.2, 0.25) is 0 Å². The van der Waals surface area contributed by atoms with Gasteiger partial charge < -0.3 is 9.13 Å². The fourth-order valence-electron chi connectivity index (χ4n) is 10.8. The molecule has 3 heteroatoms. The lowest BCUT2D eigenvalue weighted by Gasteiger charge is -2.11. The second-order valence-corrected chi connectivity index (χ2v) is 17.5. The van der Waals surface area contributed by atoms with Crippen LogP contribution >= 0.6 is 0 Å². The first-order valence-corrected chi connectivity index (χ1v) is 22.7. The number of hydrogen-bond acceptors (Lipinski definition) is 1. The van der Waals surface area contributed by atoms with Crippen molar-refractivity contribution in [2.45, 2.75) is 0 Å². The van der Waals surface area contributed by atoms with Crippen molar-refractivity contribution in [2.75, 3.05) is 0 Å². The van der Waals surface area contributed by atoms with Gasteiger partial charge in [-0.15, -0.1) is 0 Å². The first kappa shape index (κ1) is 36.7. The van der Waals surface area contributed by atoms with Gasteiger partial charge in [0.05, 0.1) is 33.5 Å². The Morgan fingerprint density at radius 1 is 0.273 bits per heavy atom. The van der Waals surface area contributed by atoms with Crippen LogP contribution in [-0.2, 0) is 0 Å². The van der Waals surface area contributed by atoms with Crippen LogP contribution in [0.15, 0.2) is 237 Å². The molecule has 0 amide bonds. The highest BCUT2D eigenvalue weighted by molar-refractivity contribution is 6.16. The summed E-state index contributed by atoms with van der Waals surface area (Å²) in [7, 11) is 0. The van der Waals surface area contributed by atoms with Crippen LogP contribution in [0.25, 0.3) is 133 Å². The Kier molecular flexibility index (Phi) is 7.98. The van der Waals surface area contributed by atoms with E-state index in [2.05, 4.69) is 246 Å². The maximum atomic E-state index is 5.36. The lowest BCUT2D eigenvalue weighted by atomic mass is 9.97. The van der Waals surface area contributed by atoms with Crippen molar-refractivity contribution in [1.29, 1.82) is 0 Å². The van der Waals surface area contributed by atoms with Gasteiger partial charge in [0.25, 0.3) is 0 Å². The second kappa shape index (κ2) is 14.4. The Morgan fingerprint density at radius 3 is 1.48 bits per heavy atom. The number of benzene rings is 10. The number of para-hydroxylation sites is 2. The minimum atomic E-state index is 0.984. The highest BCUT2D eigenvalue weighted by Crippen LogP contribution is 2.47. The summed E-state index contributed by atoms with van der Waals surface area (Å²) in [4.78, 5) is 5.36. The van der Waals surface area contributed by atoms with E-state index < -0.39 is 0 Å². The number of nitrogens with zero attached hydrogens (tertiary/aromatic N) is 3. The van der Waals surface area contributed by atoms with Gasteiger partial charge in [0.2, 0.25) is 0 Å². The van der Waals surface area contributed by atoms with Crippen LogP contribution in [0.4, 0.5) is 0 Å². The van der Waals surface area contributed by atoms with E-state index in [-0.39, 0.29) is 0 Å². The van der Waals surface area contributed by atoms with Gasteiger partial charge in [-0.25, -0.2) is 4.98 Å². The summed E-state index contributed by atoms with van der Waals surface area (Å²) in [5.41, 5.74) is 21.0. The number of fused-ring (bicyclic) bond motifs is 9. The average molecular weight is 838 g/mol. The van der Waals surface area contributed by atoms with Crippen molar-refractivity contribution >= 4 is 54.4 Å². The Labute approximate surface area is 381 Å². The molecule has 0 saturated carbocycles. The molecule has 0 fully saturated rings. The van der Waals surface area contributed by atoms with Crippen LogP contribution in [0.3, 0.4) is 0 Å². The van der Waals surface area contributed by atoms with E-state index in [0.717, 1.165) is 33.9 Å². The maximum Gasteiger partial charge on any atom is 0.0800 e. The van der Waals surface area contributed by atoms with E-state index in [1.807, 2.05) is 0 Å². The monoisotopic (exact) mass is 837 g/mol. The smallest absolute Gasteiger partial charge is 0.0800 e. The molecule has 10 aromatic carbocycles. The van der Waals surface area contributed by atoms with E-state index in [1.54, 1.807) is 0 Å². The summed E-state index contributed by atoms with van der Waals surface area (Å²) < 4.78 is 4.82. The van der Waals surface area contributed by atoms with E-state index in [0.29, 0.717) is 0 Å². The third kappa shape index (κ3) is 5.60. The highest BCUT2D eigenvalue weighted by Gasteiger charge is 2.24. The number of aromatic nitrogens is 3. The lowest BCUT2D eigenvalue weighted by Crippen LogP contribution is -1.94. The molecule has 0 unspecified atom stereocenters. The van der Waals surface area contributed by atoms with E-state index in [1.165, 1.54) is 98.9 Å². The molecule has 0 aliphatic heterocycles. The molecule has 0 radical (unpaired) electrons. The zero-order valence-electron chi connectivity index (χ0n) is 35.9. The van der Waals surface area contributed by atoms with Gasteiger partial charge in [-0.05, 0) is 129 Å². The van der Waals surface area contributed by atoms with Gasteiger partial charge in [0.15, 0.2) is 0 Å². The standard InChI is InChI=1S/C63H39N3/c1-3-14-40(15-4-1)42-17-12-22-49(35-42)66-60-32-28-43(41-16-11-18-46(34-41)57-39-47-19-13-26-52-50-23-7-8-25-53(50)63(64-57)62(47)52)37-55(60)56-38-45(30-33-61(56)66)44-29-31-59-54(36-44)51-24-9-10-27-58(51)65(59)48-20-5-2-6-21-48/h1-39H. The molecule has 0 N–H and O–H groups in total. The van der Waals surface area contributed by atoms with Crippen molar-refractivity contribution in [3.05, 3.63) is 237 Å². The molecule has 0 spiro atoms. The second-order valence-electron chi connectivity index (χ2n) is 17.5. The van der Waals surface area contributed by atoms with Gasteiger partial charge in [0, 0.05) is 49.4 Å². The molecule has 1 aliphatic carbocycles. The topological polar surface area (TPSA) is 22.8 Å². The zero-order chi connectivity index (χ0) is 43.3. The molecule has 13 aromatic rings. The number of pyridine rings is 1. The predicted molar refractivity (Wildman–Crippen MR) is 277 cm³/mol. The van der Waals surface area contributed by atoms with Gasteiger partial charge >= 0.3 is 0 Å². The Bertz CT molecular complexity index is 4100. The maximum absolute atomic E-state index is 5.36.